The summed E-state index contributed by atoms with van der Waals surface area (Å²) < 4.78 is 2.24. The molecule has 2 atom stereocenters. The molecule has 1 fully saturated rings. The Labute approximate surface area is 172 Å². The van der Waals surface area contributed by atoms with Gasteiger partial charge in [-0.2, -0.15) is 0 Å². The maximum absolute atomic E-state index is 5.79. The van der Waals surface area contributed by atoms with Gasteiger partial charge in [0.05, 0.1) is 17.8 Å². The Balaban J connectivity index is 1.82. The molecule has 4 rings (SSSR count). The first-order valence-electron chi connectivity index (χ1n) is 9.71. The van der Waals surface area contributed by atoms with Crippen LogP contribution in [0.5, 0.6) is 0 Å². The zero-order valence-corrected chi connectivity index (χ0v) is 17.6. The van der Waals surface area contributed by atoms with E-state index in [1.807, 2.05) is 18.3 Å². The summed E-state index contributed by atoms with van der Waals surface area (Å²) >= 11 is 5.79. The number of aromatic nitrogens is 2. The highest BCUT2D eigenvalue weighted by Crippen LogP contribution is 2.42. The molecule has 1 aromatic carbocycles. The highest BCUT2D eigenvalue weighted by molar-refractivity contribution is 7.80. The fraction of sp³-hybridized carbons (Fsp3) is 0.304. The Morgan fingerprint density at radius 2 is 1.89 bits per heavy atom. The number of benzene rings is 1. The predicted octanol–water partition coefficient (Wildman–Crippen LogP) is 5.26. The number of thiocarbonyl (C=S) groups is 1. The molecule has 3 aromatic rings. The van der Waals surface area contributed by atoms with Crippen molar-refractivity contribution in [2.24, 2.45) is 0 Å². The first kappa shape index (κ1) is 18.7. The Kier molecular flexibility index (Phi) is 4.94. The Morgan fingerprint density at radius 3 is 2.54 bits per heavy atom. The monoisotopic (exact) mass is 390 g/mol. The summed E-state index contributed by atoms with van der Waals surface area (Å²) in [7, 11) is 0. The highest BCUT2D eigenvalue weighted by atomic mass is 32.1. The third-order valence-electron chi connectivity index (χ3n) is 5.54. The molecule has 0 bridgehead atoms. The van der Waals surface area contributed by atoms with Gasteiger partial charge in [-0.1, -0.05) is 12.1 Å². The second kappa shape index (κ2) is 7.40. The molecule has 2 aromatic heterocycles. The van der Waals surface area contributed by atoms with Crippen molar-refractivity contribution >= 4 is 23.0 Å². The van der Waals surface area contributed by atoms with Crippen molar-refractivity contribution in [1.82, 2.24) is 14.9 Å². The van der Waals surface area contributed by atoms with Gasteiger partial charge in [0, 0.05) is 30.3 Å². The van der Waals surface area contributed by atoms with E-state index in [4.69, 9.17) is 12.2 Å². The van der Waals surface area contributed by atoms with E-state index in [0.717, 1.165) is 16.5 Å². The van der Waals surface area contributed by atoms with E-state index in [9.17, 15) is 0 Å². The summed E-state index contributed by atoms with van der Waals surface area (Å²) in [6.45, 7) is 8.67. The van der Waals surface area contributed by atoms with Gasteiger partial charge < -0.3 is 14.8 Å². The van der Waals surface area contributed by atoms with Gasteiger partial charge in [0.1, 0.15) is 0 Å². The van der Waals surface area contributed by atoms with E-state index in [2.05, 4.69) is 90.2 Å². The van der Waals surface area contributed by atoms with Crippen LogP contribution in [0.15, 0.2) is 61.1 Å². The predicted molar refractivity (Wildman–Crippen MR) is 119 cm³/mol. The molecule has 0 spiro atoms. The molecule has 1 aliphatic heterocycles. The van der Waals surface area contributed by atoms with Crippen molar-refractivity contribution in [2.45, 2.75) is 45.8 Å². The Hall–Kier alpha value is -2.66. The number of hydrogen-bond donors (Lipinski definition) is 1. The molecule has 0 amide bonds. The average Bonchev–Trinajstić information content (AvgIpc) is 3.29. The number of hydrogen-bond acceptors (Lipinski definition) is 2. The van der Waals surface area contributed by atoms with E-state index in [-0.39, 0.29) is 12.1 Å². The summed E-state index contributed by atoms with van der Waals surface area (Å²) in [4.78, 5) is 6.85. The lowest BCUT2D eigenvalue weighted by atomic mass is 9.98. The van der Waals surface area contributed by atoms with Gasteiger partial charge >= 0.3 is 0 Å². The van der Waals surface area contributed by atoms with Crippen LogP contribution >= 0.6 is 12.2 Å². The van der Waals surface area contributed by atoms with Crippen molar-refractivity contribution < 1.29 is 0 Å². The number of anilines is 1. The molecule has 1 saturated heterocycles. The lowest BCUT2D eigenvalue weighted by molar-refractivity contribution is 0.560. The summed E-state index contributed by atoms with van der Waals surface area (Å²) in [5.74, 6) is 0. The molecule has 0 aliphatic carbocycles. The van der Waals surface area contributed by atoms with Gasteiger partial charge in [-0.15, -0.1) is 0 Å². The lowest BCUT2D eigenvalue weighted by Gasteiger charge is -2.28. The summed E-state index contributed by atoms with van der Waals surface area (Å²) in [5, 5.41) is 4.26. The molecule has 4 nitrogen and oxygen atoms in total. The van der Waals surface area contributed by atoms with Crippen LogP contribution in [-0.4, -0.2) is 14.7 Å². The van der Waals surface area contributed by atoms with Crippen LogP contribution in [0.1, 0.15) is 54.4 Å². The minimum Gasteiger partial charge on any atom is -0.351 e. The number of rotatable bonds is 4. The van der Waals surface area contributed by atoms with Crippen LogP contribution in [0.4, 0.5) is 5.69 Å². The lowest BCUT2D eigenvalue weighted by Crippen LogP contribution is -2.29. The molecular weight excluding hydrogens is 364 g/mol. The SMILES string of the molecule is Cc1ccc(N2C(=S)N[C@@H](c3ccccn3)[C@H]2c2ccn(C(C)C)c2)cc1C. The number of nitrogens with one attached hydrogen (secondary N) is 1. The third-order valence-corrected chi connectivity index (χ3v) is 5.86. The molecule has 1 aliphatic rings. The van der Waals surface area contributed by atoms with Crippen LogP contribution in [0, 0.1) is 13.8 Å². The Bertz CT molecular complexity index is 993. The van der Waals surface area contributed by atoms with Crippen LogP contribution in [0.2, 0.25) is 0 Å². The minimum absolute atomic E-state index is 0.00155. The summed E-state index contributed by atoms with van der Waals surface area (Å²) in [5.41, 5.74) is 5.89. The molecule has 0 radical (unpaired) electrons. The molecule has 1 N–H and O–H groups in total. The number of nitrogens with zero attached hydrogens (tertiary/aromatic N) is 3. The normalized spacial score (nSPS) is 19.3. The van der Waals surface area contributed by atoms with E-state index < -0.39 is 0 Å². The topological polar surface area (TPSA) is 33.1 Å². The smallest absolute Gasteiger partial charge is 0.174 e. The van der Waals surface area contributed by atoms with Gasteiger partial charge in [-0.3, -0.25) is 4.98 Å². The summed E-state index contributed by atoms with van der Waals surface area (Å²) in [6.07, 6.45) is 6.22. The van der Waals surface area contributed by atoms with Gasteiger partial charge in [0.2, 0.25) is 0 Å². The first-order valence-corrected chi connectivity index (χ1v) is 10.1. The van der Waals surface area contributed by atoms with Crippen molar-refractivity contribution in [3.8, 4) is 0 Å². The van der Waals surface area contributed by atoms with Crippen molar-refractivity contribution in [3.05, 3.63) is 83.4 Å². The zero-order valence-electron chi connectivity index (χ0n) is 16.8. The fourth-order valence-electron chi connectivity index (χ4n) is 3.77. The van der Waals surface area contributed by atoms with Crippen molar-refractivity contribution in [3.63, 3.8) is 0 Å². The third kappa shape index (κ3) is 3.31. The van der Waals surface area contributed by atoms with Crippen LogP contribution < -0.4 is 10.2 Å². The molecular formula is C23H26N4S. The van der Waals surface area contributed by atoms with Crippen LogP contribution in [0.3, 0.4) is 0 Å². The van der Waals surface area contributed by atoms with Gasteiger partial charge in [-0.25, -0.2) is 0 Å². The number of aryl methyl sites for hydroxylation is 2. The fourth-order valence-corrected chi connectivity index (χ4v) is 4.12. The summed E-state index contributed by atoms with van der Waals surface area (Å²) in [6, 6.07) is 15.2. The zero-order chi connectivity index (χ0) is 19.8. The largest absolute Gasteiger partial charge is 0.351 e. The minimum atomic E-state index is -0.00155. The molecule has 28 heavy (non-hydrogen) atoms. The molecule has 3 heterocycles. The molecule has 0 saturated carbocycles. The maximum atomic E-state index is 5.79. The average molecular weight is 391 g/mol. The van der Waals surface area contributed by atoms with Crippen LogP contribution in [-0.2, 0) is 0 Å². The second-order valence-electron chi connectivity index (χ2n) is 7.75. The maximum Gasteiger partial charge on any atom is 0.174 e. The van der Waals surface area contributed by atoms with E-state index in [0.29, 0.717) is 6.04 Å². The highest BCUT2D eigenvalue weighted by Gasteiger charge is 2.41. The van der Waals surface area contributed by atoms with Gasteiger partial charge in [0.25, 0.3) is 0 Å². The van der Waals surface area contributed by atoms with E-state index >= 15 is 0 Å². The molecule has 0 unspecified atom stereocenters. The standard InChI is InChI=1S/C23H26N4S/c1-15(2)26-12-10-18(14-26)22-21(20-7-5-6-11-24-20)25-23(28)27(22)19-9-8-16(3)17(4)13-19/h5-15,21-22H,1-4H3,(H,25,28)/t21-,22+/m0/s1. The Morgan fingerprint density at radius 1 is 1.07 bits per heavy atom. The second-order valence-corrected chi connectivity index (χ2v) is 8.14. The quantitative estimate of drug-likeness (QED) is 0.616. The van der Waals surface area contributed by atoms with E-state index in [1.165, 1.54) is 16.7 Å². The molecule has 144 valence electrons. The van der Waals surface area contributed by atoms with Gasteiger partial charge in [0.15, 0.2) is 5.11 Å². The van der Waals surface area contributed by atoms with Gasteiger partial charge in [-0.05, 0) is 86.9 Å². The van der Waals surface area contributed by atoms with Crippen molar-refractivity contribution in [2.75, 3.05) is 4.90 Å². The number of pyridine rings is 1. The van der Waals surface area contributed by atoms with Crippen LogP contribution in [0.25, 0.3) is 0 Å². The molecule has 5 heteroatoms. The van der Waals surface area contributed by atoms with Crippen molar-refractivity contribution in [1.29, 1.82) is 0 Å². The first-order chi connectivity index (χ1) is 13.5. The van der Waals surface area contributed by atoms with E-state index in [1.54, 1.807) is 0 Å².